The predicted octanol–water partition coefficient (Wildman–Crippen LogP) is 1.22. The van der Waals surface area contributed by atoms with Crippen LogP contribution in [0.25, 0.3) is 0 Å². The maximum atomic E-state index is 11.0. The summed E-state index contributed by atoms with van der Waals surface area (Å²) in [5, 5.41) is 2.90. The van der Waals surface area contributed by atoms with Crippen molar-refractivity contribution in [1.82, 2.24) is 5.32 Å². The molecular weight excluding hydrogens is 270 g/mol. The fourth-order valence-electron chi connectivity index (χ4n) is 2.18. The van der Waals surface area contributed by atoms with Crippen LogP contribution >= 0.6 is 15.9 Å². The van der Waals surface area contributed by atoms with Gasteiger partial charge in [0.2, 0.25) is 5.91 Å². The number of anilines is 2. The predicted molar refractivity (Wildman–Crippen MR) is 68.0 cm³/mol. The highest BCUT2D eigenvalue weighted by molar-refractivity contribution is 9.10. The van der Waals surface area contributed by atoms with Crippen LogP contribution in [0.15, 0.2) is 10.5 Å². The van der Waals surface area contributed by atoms with Gasteiger partial charge >= 0.3 is 0 Å². The zero-order valence-corrected chi connectivity index (χ0v) is 10.6. The van der Waals surface area contributed by atoms with Crippen LogP contribution in [0.4, 0.5) is 11.4 Å². The lowest BCUT2D eigenvalue weighted by Gasteiger charge is -2.09. The van der Waals surface area contributed by atoms with Gasteiger partial charge < -0.3 is 16.8 Å². The van der Waals surface area contributed by atoms with Crippen molar-refractivity contribution in [2.45, 2.75) is 25.8 Å². The molecule has 1 amide bonds. The number of halogens is 1. The lowest BCUT2D eigenvalue weighted by Crippen LogP contribution is -2.33. The van der Waals surface area contributed by atoms with Crippen molar-refractivity contribution in [3.63, 3.8) is 0 Å². The van der Waals surface area contributed by atoms with Crippen LogP contribution in [-0.2, 0) is 17.6 Å². The van der Waals surface area contributed by atoms with Gasteiger partial charge in [0.1, 0.15) is 0 Å². The number of hydrogen-bond acceptors (Lipinski definition) is 3. The smallest absolute Gasteiger partial charge is 0.217 e. The second kappa shape index (κ2) is 3.97. The summed E-state index contributed by atoms with van der Waals surface area (Å²) < 4.78 is 0.826. The highest BCUT2D eigenvalue weighted by Gasteiger charge is 2.25. The van der Waals surface area contributed by atoms with Crippen LogP contribution in [0.5, 0.6) is 0 Å². The molecule has 5 heteroatoms. The number of carbonyl (C=O) groups is 1. The van der Waals surface area contributed by atoms with Gasteiger partial charge in [-0.1, -0.05) is 0 Å². The van der Waals surface area contributed by atoms with Gasteiger partial charge in [-0.05, 0) is 46.0 Å². The SMILES string of the molecule is CC(=O)NC1Cc2cc(Br)c(N)c(N)c2C1. The molecule has 86 valence electrons. The molecular formula is C11H14BrN3O. The number of hydrogen-bond donors (Lipinski definition) is 3. The van der Waals surface area contributed by atoms with Gasteiger partial charge in [0, 0.05) is 17.4 Å². The van der Waals surface area contributed by atoms with Crippen LogP contribution in [0.3, 0.4) is 0 Å². The third kappa shape index (κ3) is 1.87. The molecule has 0 aromatic heterocycles. The van der Waals surface area contributed by atoms with E-state index in [4.69, 9.17) is 11.5 Å². The van der Waals surface area contributed by atoms with E-state index < -0.39 is 0 Å². The first kappa shape index (κ1) is 11.3. The molecule has 2 rings (SSSR count). The minimum absolute atomic E-state index is 0.0107. The standard InChI is InChI=1S/C11H14BrN3O/c1-5(16)15-7-2-6-3-9(12)11(14)10(13)8(6)4-7/h3,7H,2,4,13-14H2,1H3,(H,15,16). The summed E-state index contributed by atoms with van der Waals surface area (Å²) in [4.78, 5) is 11.0. The summed E-state index contributed by atoms with van der Waals surface area (Å²) in [6, 6.07) is 2.13. The average molecular weight is 284 g/mol. The molecule has 1 aliphatic rings. The highest BCUT2D eigenvalue weighted by Crippen LogP contribution is 2.36. The van der Waals surface area contributed by atoms with Gasteiger partial charge in [0.15, 0.2) is 0 Å². The normalized spacial score (nSPS) is 18.2. The van der Waals surface area contributed by atoms with Gasteiger partial charge in [0.05, 0.1) is 11.4 Å². The molecule has 1 aromatic carbocycles. The zero-order chi connectivity index (χ0) is 11.9. The van der Waals surface area contributed by atoms with E-state index >= 15 is 0 Å². The van der Waals surface area contributed by atoms with Gasteiger partial charge in [-0.2, -0.15) is 0 Å². The molecule has 1 aromatic rings. The van der Waals surface area contributed by atoms with Gasteiger partial charge in [-0.25, -0.2) is 0 Å². The Labute approximate surface area is 103 Å². The Morgan fingerprint density at radius 1 is 1.44 bits per heavy atom. The van der Waals surface area contributed by atoms with E-state index in [-0.39, 0.29) is 11.9 Å². The van der Waals surface area contributed by atoms with Crippen LogP contribution < -0.4 is 16.8 Å². The van der Waals surface area contributed by atoms with E-state index in [1.165, 1.54) is 6.92 Å². The van der Waals surface area contributed by atoms with E-state index in [9.17, 15) is 4.79 Å². The Morgan fingerprint density at radius 2 is 2.12 bits per heavy atom. The lowest BCUT2D eigenvalue weighted by molar-refractivity contribution is -0.119. The van der Waals surface area contributed by atoms with Crippen LogP contribution in [-0.4, -0.2) is 11.9 Å². The number of amides is 1. The van der Waals surface area contributed by atoms with Crippen LogP contribution in [0, 0.1) is 0 Å². The number of benzene rings is 1. The van der Waals surface area contributed by atoms with Gasteiger partial charge in [0.25, 0.3) is 0 Å². The zero-order valence-electron chi connectivity index (χ0n) is 9.01. The minimum Gasteiger partial charge on any atom is -0.397 e. The Morgan fingerprint density at radius 3 is 2.75 bits per heavy atom. The number of nitrogens with two attached hydrogens (primary N) is 2. The molecule has 1 atom stereocenters. The third-order valence-electron chi connectivity index (χ3n) is 2.89. The van der Waals surface area contributed by atoms with E-state index in [1.54, 1.807) is 0 Å². The molecule has 4 nitrogen and oxygen atoms in total. The summed E-state index contributed by atoms with van der Waals surface area (Å²) in [5.74, 6) is -0.0107. The molecule has 0 radical (unpaired) electrons. The van der Waals surface area contributed by atoms with E-state index in [2.05, 4.69) is 21.2 Å². The van der Waals surface area contributed by atoms with Gasteiger partial charge in [-0.3, -0.25) is 4.79 Å². The lowest BCUT2D eigenvalue weighted by atomic mass is 10.1. The molecule has 0 heterocycles. The van der Waals surface area contributed by atoms with E-state index in [0.29, 0.717) is 11.4 Å². The molecule has 0 saturated heterocycles. The molecule has 0 aliphatic heterocycles. The first-order valence-corrected chi connectivity index (χ1v) is 5.90. The number of rotatable bonds is 1. The summed E-state index contributed by atoms with van der Waals surface area (Å²) in [6.07, 6.45) is 1.58. The van der Waals surface area contributed by atoms with Crippen molar-refractivity contribution in [3.05, 3.63) is 21.7 Å². The maximum Gasteiger partial charge on any atom is 0.217 e. The Bertz CT molecular complexity index is 459. The fraction of sp³-hybridized carbons (Fsp3) is 0.364. The second-order valence-electron chi connectivity index (χ2n) is 4.13. The first-order valence-electron chi connectivity index (χ1n) is 5.11. The van der Waals surface area contributed by atoms with Crippen molar-refractivity contribution < 1.29 is 4.79 Å². The number of nitrogens with one attached hydrogen (secondary N) is 1. The topological polar surface area (TPSA) is 81.1 Å². The number of fused-ring (bicyclic) bond motifs is 1. The second-order valence-corrected chi connectivity index (χ2v) is 4.98. The molecule has 5 N–H and O–H groups in total. The van der Waals surface area contributed by atoms with Crippen molar-refractivity contribution in [2.24, 2.45) is 0 Å². The number of nitrogen functional groups attached to an aromatic ring is 2. The Hall–Kier alpha value is -1.23. The van der Waals surface area contributed by atoms with Crippen LogP contribution in [0.1, 0.15) is 18.1 Å². The Kier molecular flexibility index (Phi) is 2.80. The summed E-state index contributed by atoms with van der Waals surface area (Å²) in [6.45, 7) is 1.52. The van der Waals surface area contributed by atoms with E-state index in [1.807, 2.05) is 6.07 Å². The maximum absolute atomic E-state index is 11.0. The highest BCUT2D eigenvalue weighted by atomic mass is 79.9. The molecule has 16 heavy (non-hydrogen) atoms. The fourth-order valence-corrected chi connectivity index (χ4v) is 2.67. The first-order chi connectivity index (χ1) is 7.49. The van der Waals surface area contributed by atoms with Crippen molar-refractivity contribution in [2.75, 3.05) is 11.5 Å². The Balaban J connectivity index is 2.31. The number of carbonyl (C=O) groups excluding carboxylic acids is 1. The molecule has 0 bridgehead atoms. The average Bonchev–Trinajstić information content (AvgIpc) is 2.56. The largest absolute Gasteiger partial charge is 0.397 e. The molecule has 0 fully saturated rings. The molecule has 0 spiro atoms. The molecule has 0 saturated carbocycles. The summed E-state index contributed by atoms with van der Waals surface area (Å²) in [5.41, 5.74) is 15.3. The van der Waals surface area contributed by atoms with Crippen molar-refractivity contribution in [1.29, 1.82) is 0 Å². The minimum atomic E-state index is -0.0107. The summed E-state index contributed by atoms with van der Waals surface area (Å²) >= 11 is 3.38. The summed E-state index contributed by atoms with van der Waals surface area (Å²) in [7, 11) is 0. The van der Waals surface area contributed by atoms with Crippen molar-refractivity contribution in [3.8, 4) is 0 Å². The quantitative estimate of drug-likeness (QED) is 0.678. The van der Waals surface area contributed by atoms with Crippen LogP contribution in [0.2, 0.25) is 0 Å². The molecule has 1 unspecified atom stereocenters. The van der Waals surface area contributed by atoms with Gasteiger partial charge in [-0.15, -0.1) is 0 Å². The van der Waals surface area contributed by atoms with E-state index in [0.717, 1.165) is 28.4 Å². The van der Waals surface area contributed by atoms with Crippen molar-refractivity contribution >= 4 is 33.2 Å². The molecule has 1 aliphatic carbocycles. The monoisotopic (exact) mass is 283 g/mol. The third-order valence-corrected chi connectivity index (χ3v) is 3.54.